The van der Waals surface area contributed by atoms with Crippen LogP contribution in [0.25, 0.3) is 0 Å². The van der Waals surface area contributed by atoms with Gasteiger partial charge in [-0.15, -0.1) is 0 Å². The lowest BCUT2D eigenvalue weighted by Gasteiger charge is -2.36. The van der Waals surface area contributed by atoms with E-state index in [0.717, 1.165) is 32.1 Å². The fraction of sp³-hybridized carbons (Fsp3) is 1.00. The molecule has 110 valence electrons. The van der Waals surface area contributed by atoms with E-state index in [4.69, 9.17) is 4.43 Å². The zero-order chi connectivity index (χ0) is 14.4. The van der Waals surface area contributed by atoms with Crippen molar-refractivity contribution in [3.8, 4) is 0 Å². The second-order valence-electron chi connectivity index (χ2n) is 6.20. The molecule has 0 saturated carbocycles. The summed E-state index contributed by atoms with van der Waals surface area (Å²) in [6.07, 6.45) is 3.73. The fourth-order valence-electron chi connectivity index (χ4n) is 1.14. The fourth-order valence-corrected chi connectivity index (χ4v) is 2.64. The Morgan fingerprint density at radius 3 is 1.94 bits per heavy atom. The highest BCUT2D eigenvalue weighted by molar-refractivity contribution is 7.85. The van der Waals surface area contributed by atoms with Crippen LogP contribution in [0.15, 0.2) is 0 Å². The number of rotatable bonds is 8. The van der Waals surface area contributed by atoms with Gasteiger partial charge in [0.15, 0.2) is 8.32 Å². The highest BCUT2D eigenvalue weighted by Gasteiger charge is 2.36. The minimum atomic E-state index is -3.28. The predicted molar refractivity (Wildman–Crippen MR) is 77.8 cm³/mol. The highest BCUT2D eigenvalue weighted by atomic mass is 32.2. The van der Waals surface area contributed by atoms with Crippen LogP contribution in [0.1, 0.15) is 40.0 Å². The molecule has 18 heavy (non-hydrogen) atoms. The summed E-state index contributed by atoms with van der Waals surface area (Å²) in [7, 11) is -4.91. The summed E-state index contributed by atoms with van der Waals surface area (Å²) in [6, 6.07) is 0. The average Bonchev–Trinajstić information content (AvgIpc) is 2.12. The second kappa shape index (κ2) is 7.03. The first-order valence-electron chi connectivity index (χ1n) is 6.44. The van der Waals surface area contributed by atoms with E-state index in [1.807, 2.05) is 0 Å². The van der Waals surface area contributed by atoms with Crippen molar-refractivity contribution in [1.29, 1.82) is 0 Å². The van der Waals surface area contributed by atoms with Gasteiger partial charge in [-0.1, -0.05) is 20.8 Å². The Morgan fingerprint density at radius 2 is 1.50 bits per heavy atom. The lowest BCUT2D eigenvalue weighted by Crippen LogP contribution is -2.40. The van der Waals surface area contributed by atoms with Gasteiger partial charge >= 0.3 is 0 Å². The Hall–Kier alpha value is 0.0869. The van der Waals surface area contributed by atoms with Gasteiger partial charge in [0.05, 0.1) is 12.9 Å². The molecule has 0 heterocycles. The SMILES string of the molecule is CC(C)(C)[Si](C)(C)OCCCCCOS(C)(=O)=O. The van der Waals surface area contributed by atoms with Crippen LogP contribution in [0.3, 0.4) is 0 Å². The van der Waals surface area contributed by atoms with Gasteiger partial charge < -0.3 is 4.43 Å². The van der Waals surface area contributed by atoms with Crippen molar-refractivity contribution in [2.45, 2.75) is 58.2 Å². The maximum Gasteiger partial charge on any atom is 0.264 e. The van der Waals surface area contributed by atoms with Crippen molar-refractivity contribution >= 4 is 18.4 Å². The van der Waals surface area contributed by atoms with E-state index >= 15 is 0 Å². The molecule has 0 rings (SSSR count). The van der Waals surface area contributed by atoms with Crippen LogP contribution < -0.4 is 0 Å². The smallest absolute Gasteiger partial charge is 0.264 e. The van der Waals surface area contributed by atoms with Gasteiger partial charge in [0.1, 0.15) is 0 Å². The summed E-state index contributed by atoms with van der Waals surface area (Å²) in [5, 5.41) is 0.242. The van der Waals surface area contributed by atoms with Crippen molar-refractivity contribution in [1.82, 2.24) is 0 Å². The third kappa shape index (κ3) is 8.23. The molecular weight excluding hydrogens is 268 g/mol. The molecule has 0 aromatic carbocycles. The zero-order valence-electron chi connectivity index (χ0n) is 12.6. The first-order valence-corrected chi connectivity index (χ1v) is 11.2. The van der Waals surface area contributed by atoms with Crippen LogP contribution in [0.5, 0.6) is 0 Å². The molecule has 4 nitrogen and oxygen atoms in total. The van der Waals surface area contributed by atoms with E-state index in [1.54, 1.807) is 0 Å². The molecule has 0 aliphatic carbocycles. The Bertz CT molecular complexity index is 330. The Kier molecular flexibility index (Phi) is 7.06. The van der Waals surface area contributed by atoms with Gasteiger partial charge in [-0.2, -0.15) is 8.42 Å². The van der Waals surface area contributed by atoms with Gasteiger partial charge in [0.2, 0.25) is 0 Å². The largest absolute Gasteiger partial charge is 0.417 e. The van der Waals surface area contributed by atoms with Crippen molar-refractivity contribution < 1.29 is 17.0 Å². The van der Waals surface area contributed by atoms with Gasteiger partial charge in [0, 0.05) is 6.61 Å². The zero-order valence-corrected chi connectivity index (χ0v) is 14.4. The van der Waals surface area contributed by atoms with Gasteiger partial charge in [-0.3, -0.25) is 4.18 Å². The lowest BCUT2D eigenvalue weighted by molar-refractivity contribution is 0.266. The Balaban J connectivity index is 3.64. The van der Waals surface area contributed by atoms with Crippen LogP contribution >= 0.6 is 0 Å². The standard InChI is InChI=1S/C12H28O4SSi/c1-12(2,3)18(5,6)16-11-9-7-8-10-15-17(4,13)14/h7-11H2,1-6H3. The van der Waals surface area contributed by atoms with Gasteiger partial charge in [-0.05, 0) is 37.4 Å². The van der Waals surface area contributed by atoms with Gasteiger partial charge in [0.25, 0.3) is 10.1 Å². The lowest BCUT2D eigenvalue weighted by atomic mass is 10.2. The molecule has 0 saturated heterocycles. The first kappa shape index (κ1) is 18.1. The van der Waals surface area contributed by atoms with E-state index < -0.39 is 18.4 Å². The maximum absolute atomic E-state index is 10.7. The quantitative estimate of drug-likeness (QED) is 0.392. The van der Waals surface area contributed by atoms with Crippen LogP contribution in [0, 0.1) is 0 Å². The topological polar surface area (TPSA) is 52.6 Å². The molecule has 0 amide bonds. The molecule has 0 N–H and O–H groups in total. The molecular formula is C12H28O4SSi. The third-order valence-electron chi connectivity index (χ3n) is 3.36. The Morgan fingerprint density at radius 1 is 1.00 bits per heavy atom. The maximum atomic E-state index is 10.7. The van der Waals surface area contributed by atoms with Crippen LogP contribution in [-0.2, 0) is 18.7 Å². The highest BCUT2D eigenvalue weighted by Crippen LogP contribution is 2.36. The minimum absolute atomic E-state index is 0.242. The van der Waals surface area contributed by atoms with Crippen LogP contribution in [-0.4, -0.2) is 36.2 Å². The molecule has 0 fully saturated rings. The molecule has 0 aromatic rings. The first-order chi connectivity index (χ1) is 7.96. The summed E-state index contributed by atoms with van der Waals surface area (Å²) in [4.78, 5) is 0. The van der Waals surface area contributed by atoms with E-state index in [-0.39, 0.29) is 11.6 Å². The monoisotopic (exact) mass is 296 g/mol. The second-order valence-corrected chi connectivity index (χ2v) is 12.6. The molecule has 0 aliphatic heterocycles. The normalized spacial score (nSPS) is 13.9. The molecule has 0 spiro atoms. The van der Waals surface area contributed by atoms with Crippen molar-refractivity contribution in [3.05, 3.63) is 0 Å². The summed E-state index contributed by atoms with van der Waals surface area (Å²) in [6.45, 7) is 12.2. The molecule has 0 aromatic heterocycles. The van der Waals surface area contributed by atoms with Gasteiger partial charge in [-0.25, -0.2) is 0 Å². The predicted octanol–water partition coefficient (Wildman–Crippen LogP) is 3.15. The van der Waals surface area contributed by atoms with Crippen LogP contribution in [0.4, 0.5) is 0 Å². The third-order valence-corrected chi connectivity index (χ3v) is 8.49. The molecule has 0 atom stereocenters. The molecule has 0 unspecified atom stereocenters. The number of hydrogen-bond acceptors (Lipinski definition) is 4. The summed E-state index contributed by atoms with van der Waals surface area (Å²) in [5.74, 6) is 0. The summed E-state index contributed by atoms with van der Waals surface area (Å²) in [5.41, 5.74) is 0. The number of hydrogen-bond donors (Lipinski definition) is 0. The van der Waals surface area contributed by atoms with Crippen molar-refractivity contribution in [3.63, 3.8) is 0 Å². The summed E-state index contributed by atoms with van der Waals surface area (Å²) < 4.78 is 32.1. The molecule has 0 radical (unpaired) electrons. The average molecular weight is 297 g/mol. The minimum Gasteiger partial charge on any atom is -0.417 e. The van der Waals surface area contributed by atoms with Crippen molar-refractivity contribution in [2.24, 2.45) is 0 Å². The van der Waals surface area contributed by atoms with Crippen molar-refractivity contribution in [2.75, 3.05) is 19.5 Å². The van der Waals surface area contributed by atoms with E-state index in [2.05, 4.69) is 38.0 Å². The van der Waals surface area contributed by atoms with E-state index in [0.29, 0.717) is 0 Å². The molecule has 6 heteroatoms. The summed E-state index contributed by atoms with van der Waals surface area (Å²) >= 11 is 0. The molecule has 0 aliphatic rings. The number of unbranched alkanes of at least 4 members (excludes halogenated alkanes) is 2. The molecule has 0 bridgehead atoms. The Labute approximate surface area is 113 Å². The van der Waals surface area contributed by atoms with Crippen LogP contribution in [0.2, 0.25) is 18.1 Å². The van der Waals surface area contributed by atoms with E-state index in [9.17, 15) is 8.42 Å². The van der Waals surface area contributed by atoms with E-state index in [1.165, 1.54) is 0 Å².